The van der Waals surface area contributed by atoms with Crippen molar-refractivity contribution in [2.24, 2.45) is 11.8 Å². The van der Waals surface area contributed by atoms with Crippen molar-refractivity contribution >= 4 is 45.3 Å². The maximum absolute atomic E-state index is 13.7. The molecule has 3 aliphatic heterocycles. The zero-order chi connectivity index (χ0) is 31.7. The number of carbonyl (C=O) groups is 3. The number of ether oxygens (including phenoxy) is 2. The van der Waals surface area contributed by atoms with Crippen molar-refractivity contribution in [3.8, 4) is 0 Å². The summed E-state index contributed by atoms with van der Waals surface area (Å²) in [7, 11) is -3.38. The van der Waals surface area contributed by atoms with Gasteiger partial charge in [0.05, 0.1) is 42.5 Å². The van der Waals surface area contributed by atoms with Crippen LogP contribution in [0.15, 0.2) is 34.9 Å². The van der Waals surface area contributed by atoms with Crippen LogP contribution in [-0.4, -0.2) is 102 Å². The molecular weight excluding hydrogens is 608 g/mol. The molecular formula is C26H34N4O11S2. The van der Waals surface area contributed by atoms with Crippen LogP contribution in [0.4, 0.5) is 5.69 Å². The largest absolute Gasteiger partial charge is 0.477 e. The van der Waals surface area contributed by atoms with E-state index in [1.807, 2.05) is 0 Å². The number of thioether (sulfide) groups is 1. The molecule has 15 nitrogen and oxygen atoms in total. The fourth-order valence-electron chi connectivity index (χ4n) is 5.63. The van der Waals surface area contributed by atoms with E-state index in [1.54, 1.807) is 6.92 Å². The predicted octanol–water partition coefficient (Wildman–Crippen LogP) is 0.191. The summed E-state index contributed by atoms with van der Waals surface area (Å²) < 4.78 is 34.8. The van der Waals surface area contributed by atoms with Crippen LogP contribution in [0, 0.1) is 22.0 Å². The Morgan fingerprint density at radius 3 is 2.58 bits per heavy atom. The molecule has 0 unspecified atom stereocenters. The van der Waals surface area contributed by atoms with E-state index in [1.165, 1.54) is 36.1 Å². The Balaban J connectivity index is 1.54. The lowest BCUT2D eigenvalue weighted by atomic mass is 9.79. The van der Waals surface area contributed by atoms with Crippen LogP contribution in [0.5, 0.6) is 0 Å². The fourth-order valence-corrected chi connectivity index (χ4v) is 7.70. The van der Waals surface area contributed by atoms with Gasteiger partial charge in [0, 0.05) is 42.1 Å². The molecule has 0 spiro atoms. The first-order chi connectivity index (χ1) is 20.1. The lowest BCUT2D eigenvalue weighted by Crippen LogP contribution is -2.63. The number of aliphatic carboxylic acids is 1. The summed E-state index contributed by atoms with van der Waals surface area (Å²) in [4.78, 5) is 50.8. The number of carbonyl (C=O) groups excluding carboxylic acids is 2. The Kier molecular flexibility index (Phi) is 9.82. The molecule has 3 aliphatic rings. The summed E-state index contributed by atoms with van der Waals surface area (Å²) >= 11 is 1.02. The summed E-state index contributed by atoms with van der Waals surface area (Å²) in [6.07, 6.45) is 0.212. The van der Waals surface area contributed by atoms with Gasteiger partial charge in [-0.2, -0.15) is 0 Å². The molecule has 2 fully saturated rings. The third-order valence-corrected chi connectivity index (χ3v) is 10.1. The number of aliphatic hydroxyl groups excluding tert-OH is 1. The highest BCUT2D eigenvalue weighted by Crippen LogP contribution is 2.54. The average molecular weight is 643 g/mol. The van der Waals surface area contributed by atoms with Crippen molar-refractivity contribution in [3.05, 3.63) is 50.5 Å². The number of hydrogen-bond acceptors (Lipinski definition) is 12. The van der Waals surface area contributed by atoms with Crippen LogP contribution in [-0.2, 0) is 40.5 Å². The van der Waals surface area contributed by atoms with Gasteiger partial charge in [-0.15, -0.1) is 11.8 Å². The predicted molar refractivity (Wildman–Crippen MR) is 153 cm³/mol. The van der Waals surface area contributed by atoms with E-state index in [4.69, 9.17) is 9.47 Å². The number of nitrogens with one attached hydrogen (secondary N) is 2. The van der Waals surface area contributed by atoms with Crippen LogP contribution < -0.4 is 10.0 Å². The van der Waals surface area contributed by atoms with Crippen molar-refractivity contribution in [2.75, 3.05) is 32.6 Å². The first kappa shape index (κ1) is 32.8. The summed E-state index contributed by atoms with van der Waals surface area (Å²) in [6.45, 7) is 3.40. The molecule has 1 amide bonds. The molecule has 1 aromatic rings. The van der Waals surface area contributed by atoms with E-state index < -0.39 is 61.5 Å². The van der Waals surface area contributed by atoms with E-state index in [-0.39, 0.29) is 56.8 Å². The molecule has 0 aromatic heterocycles. The van der Waals surface area contributed by atoms with Crippen LogP contribution in [0.25, 0.3) is 0 Å². The van der Waals surface area contributed by atoms with Crippen LogP contribution in [0.2, 0.25) is 0 Å². The van der Waals surface area contributed by atoms with Crippen molar-refractivity contribution in [3.63, 3.8) is 0 Å². The highest BCUT2D eigenvalue weighted by molar-refractivity contribution is 8.05. The summed E-state index contributed by atoms with van der Waals surface area (Å²) in [6, 6.07) is 4.59. The molecule has 6 atom stereocenters. The first-order valence-corrected chi connectivity index (χ1v) is 16.2. The number of aliphatic hydroxyl groups is 1. The second-order valence-corrected chi connectivity index (χ2v) is 14.1. The number of nitrogens with zero attached hydrogens (tertiary/aromatic N) is 2. The van der Waals surface area contributed by atoms with Crippen molar-refractivity contribution < 1.29 is 47.4 Å². The van der Waals surface area contributed by atoms with Crippen molar-refractivity contribution in [1.29, 1.82) is 0 Å². The molecule has 43 heavy (non-hydrogen) atoms. The van der Waals surface area contributed by atoms with E-state index in [9.17, 15) is 43.1 Å². The van der Waals surface area contributed by atoms with Gasteiger partial charge in [-0.05, 0) is 31.0 Å². The van der Waals surface area contributed by atoms with Gasteiger partial charge >= 0.3 is 11.9 Å². The lowest BCUT2D eigenvalue weighted by Gasteiger charge is -2.46. The number of carboxylic acid groups (broad SMARTS) is 1. The van der Waals surface area contributed by atoms with Gasteiger partial charge in [0.25, 0.3) is 5.69 Å². The number of sulfonamides is 1. The Morgan fingerprint density at radius 2 is 2.00 bits per heavy atom. The van der Waals surface area contributed by atoms with E-state index in [0.29, 0.717) is 10.5 Å². The standard InChI is InChI=1S/C26H34N4O11S2/c1-14-20-19(15(2)31)23(32)29(20)21(24(33)34)22(14)42-26(10-17(27-13-26)12-40-9-8-28-43(3,38)39)25(35)41-11-16-4-6-18(7-5-16)30(36)37/h4-7,14-15,17,19-20,27-28,31H,8-13H2,1-3H3,(H,33,34)/t14-,15-,17+,19-,20-,26+/m1/s1. The highest BCUT2D eigenvalue weighted by Gasteiger charge is 2.61. The Morgan fingerprint density at radius 1 is 1.33 bits per heavy atom. The normalized spacial score (nSPS) is 27.5. The fraction of sp³-hybridized carbons (Fsp3) is 0.577. The van der Waals surface area contributed by atoms with Gasteiger partial charge in [-0.3, -0.25) is 19.7 Å². The number of nitro groups is 1. The molecule has 2 saturated heterocycles. The Hall–Kier alpha value is -3.09. The molecule has 0 radical (unpaired) electrons. The molecule has 0 aliphatic carbocycles. The van der Waals surface area contributed by atoms with Crippen LogP contribution in [0.3, 0.4) is 0 Å². The van der Waals surface area contributed by atoms with Gasteiger partial charge in [-0.25, -0.2) is 17.9 Å². The molecule has 236 valence electrons. The van der Waals surface area contributed by atoms with Crippen molar-refractivity contribution in [2.45, 2.75) is 49.8 Å². The number of non-ortho nitro benzene ring substituents is 1. The summed E-state index contributed by atoms with van der Waals surface area (Å²) in [5.41, 5.74) is 0.172. The number of amides is 1. The van der Waals surface area contributed by atoms with Gasteiger partial charge in [0.1, 0.15) is 17.1 Å². The molecule has 17 heteroatoms. The maximum atomic E-state index is 13.7. The van der Waals surface area contributed by atoms with Gasteiger partial charge < -0.3 is 29.9 Å². The lowest BCUT2D eigenvalue weighted by molar-refractivity contribution is -0.384. The minimum atomic E-state index is -3.38. The summed E-state index contributed by atoms with van der Waals surface area (Å²) in [5.74, 6) is -3.72. The number of hydrogen-bond donors (Lipinski definition) is 4. The number of rotatable bonds is 14. The van der Waals surface area contributed by atoms with Gasteiger partial charge in [0.2, 0.25) is 15.9 Å². The zero-order valence-electron chi connectivity index (χ0n) is 23.7. The highest BCUT2D eigenvalue weighted by atomic mass is 32.2. The van der Waals surface area contributed by atoms with E-state index in [2.05, 4.69) is 10.0 Å². The number of benzene rings is 1. The smallest absolute Gasteiger partial charge is 0.353 e. The topological polar surface area (TPSA) is 215 Å². The first-order valence-electron chi connectivity index (χ1n) is 13.5. The molecule has 0 bridgehead atoms. The molecule has 1 aromatic carbocycles. The minimum absolute atomic E-state index is 0.0603. The second kappa shape index (κ2) is 12.9. The van der Waals surface area contributed by atoms with Crippen molar-refractivity contribution in [1.82, 2.24) is 14.9 Å². The molecule has 4 N–H and O–H groups in total. The SMILES string of the molecule is C[C@@H](O)[C@H]1C(=O)N2C(C(=O)O)=C(S[C@]3(C(=O)OCc4ccc([N+](=O)[O-])cc4)CN[C@H](COCCNS(C)(=O)=O)C3)[C@H](C)[C@H]12. The number of fused-ring (bicyclic) bond motifs is 1. The maximum Gasteiger partial charge on any atom is 0.353 e. The van der Waals surface area contributed by atoms with E-state index >= 15 is 0 Å². The van der Waals surface area contributed by atoms with Crippen LogP contribution >= 0.6 is 11.8 Å². The van der Waals surface area contributed by atoms with Gasteiger partial charge in [0.15, 0.2) is 0 Å². The molecule has 4 rings (SSSR count). The zero-order valence-corrected chi connectivity index (χ0v) is 25.4. The third-order valence-electron chi connectivity index (χ3n) is 7.69. The second-order valence-electron chi connectivity index (χ2n) is 10.9. The Labute approximate surface area is 252 Å². The molecule has 3 heterocycles. The monoisotopic (exact) mass is 642 g/mol. The number of carboxylic acids is 1. The minimum Gasteiger partial charge on any atom is -0.477 e. The van der Waals surface area contributed by atoms with E-state index in [0.717, 1.165) is 18.0 Å². The number of esters is 1. The Bertz CT molecular complexity index is 1420. The van der Waals surface area contributed by atoms with Crippen LogP contribution in [0.1, 0.15) is 25.8 Å². The molecule has 0 saturated carbocycles. The summed E-state index contributed by atoms with van der Waals surface area (Å²) in [5, 5.41) is 34.4. The number of β-lactam (4-membered cyclic amide) rings is 1. The average Bonchev–Trinajstić information content (AvgIpc) is 3.44. The third kappa shape index (κ3) is 7.02. The number of nitro benzene ring substituents is 1. The quantitative estimate of drug-likeness (QED) is 0.0702. The van der Waals surface area contributed by atoms with Gasteiger partial charge in [-0.1, -0.05) is 6.92 Å².